The summed E-state index contributed by atoms with van der Waals surface area (Å²) in [7, 11) is 0. The van der Waals surface area contributed by atoms with Crippen molar-refractivity contribution in [2.24, 2.45) is 0 Å². The van der Waals surface area contributed by atoms with E-state index in [2.05, 4.69) is 9.97 Å². The van der Waals surface area contributed by atoms with Crippen LogP contribution in [0, 0.1) is 13.8 Å². The summed E-state index contributed by atoms with van der Waals surface area (Å²) in [6, 6.07) is 7.51. The second-order valence-corrected chi connectivity index (χ2v) is 12.5. The van der Waals surface area contributed by atoms with Crippen LogP contribution in [-0.4, -0.2) is 65.5 Å². The first-order chi connectivity index (χ1) is 23.2. The largest absolute Gasteiger partial charge is 0.481 e. The fraction of sp³-hybridized carbons (Fsp3) is 0.421. The predicted molar refractivity (Wildman–Crippen MR) is 193 cm³/mol. The van der Waals surface area contributed by atoms with E-state index in [0.29, 0.717) is 39.4 Å². The Bertz CT molecular complexity index is 1980. The Hall–Kier alpha value is -4.58. The Labute approximate surface area is 286 Å². The number of aliphatic hydroxyl groups is 2. The van der Waals surface area contributed by atoms with Gasteiger partial charge >= 0.3 is 11.9 Å². The molecule has 49 heavy (non-hydrogen) atoms. The van der Waals surface area contributed by atoms with Gasteiger partial charge in [0.15, 0.2) is 0 Å². The molecule has 0 spiro atoms. The van der Waals surface area contributed by atoms with E-state index in [1.807, 2.05) is 65.8 Å². The molecule has 0 aliphatic carbocycles. The van der Waals surface area contributed by atoms with Crippen molar-refractivity contribution in [2.75, 3.05) is 13.2 Å². The van der Waals surface area contributed by atoms with Crippen LogP contribution >= 0.6 is 0 Å². The molecule has 0 fully saturated rings. The average Bonchev–Trinajstić information content (AvgIpc) is 3.69. The zero-order chi connectivity index (χ0) is 36.2. The molecule has 262 valence electrons. The minimum Gasteiger partial charge on any atom is -0.481 e. The summed E-state index contributed by atoms with van der Waals surface area (Å²) in [6.07, 6.45) is -1.18. The van der Waals surface area contributed by atoms with Crippen LogP contribution in [0.4, 0.5) is 0 Å². The van der Waals surface area contributed by atoms with E-state index in [1.54, 1.807) is 13.8 Å². The molecule has 0 aromatic carbocycles. The Morgan fingerprint density at radius 1 is 0.653 bits per heavy atom. The third-order valence-electron chi connectivity index (χ3n) is 9.05. The number of fused-ring (bicyclic) bond motifs is 8. The standard InChI is InChI=1S/C34H38N4O6.C4H10O/c1-15-21(7-9-31(41)42)27-14-28-22(8-10-32(43)44)16(2)24(36-28)12-29-34(20(6)40)18(4)26(38-29)13-30-33(19(5)39)17(3)25(37-30)11-23(15)35-27;1-3-5-4-2/h11-14,19-20,37-40H,7-10H2,1-6H3,(H,41,42)(H,43,44);3-4H2,1-2H3. The van der Waals surface area contributed by atoms with Crippen molar-refractivity contribution in [3.05, 3.63) is 69.3 Å². The van der Waals surface area contributed by atoms with Gasteiger partial charge in [0, 0.05) is 59.2 Å². The lowest BCUT2D eigenvalue weighted by Gasteiger charge is -2.05. The van der Waals surface area contributed by atoms with E-state index < -0.39 is 24.1 Å². The molecule has 2 aliphatic heterocycles. The van der Waals surface area contributed by atoms with Gasteiger partial charge in [-0.3, -0.25) is 9.59 Å². The molecule has 2 unspecified atom stereocenters. The number of aliphatic carboxylic acids is 2. The van der Waals surface area contributed by atoms with Crippen molar-refractivity contribution in [1.29, 1.82) is 0 Å². The molecule has 8 bridgehead atoms. The van der Waals surface area contributed by atoms with Crippen LogP contribution in [0.2, 0.25) is 0 Å². The SMILES string of the molecule is CC1=C(CCC(=O)O)c2cc3nc(cc4[nH]c(cc5[nH]c(cc1n2)c(C)c5C(C)O)c(C)c4C(C)O)C(C)=C3CCC(=O)O.CCOCC. The molecule has 0 saturated heterocycles. The first-order valence-corrected chi connectivity index (χ1v) is 16.7. The lowest BCUT2D eigenvalue weighted by Crippen LogP contribution is -1.97. The molecule has 0 radical (unpaired) electrons. The van der Waals surface area contributed by atoms with Crippen LogP contribution in [0.3, 0.4) is 0 Å². The highest BCUT2D eigenvalue weighted by atomic mass is 16.5. The van der Waals surface area contributed by atoms with Crippen LogP contribution in [0.15, 0.2) is 24.3 Å². The smallest absolute Gasteiger partial charge is 0.303 e. The summed E-state index contributed by atoms with van der Waals surface area (Å²) in [5, 5.41) is 40.5. The number of hydrogen-bond acceptors (Lipinski definition) is 7. The molecule has 3 aromatic rings. The first-order valence-electron chi connectivity index (χ1n) is 16.7. The number of H-pyrrole nitrogens is 2. The van der Waals surface area contributed by atoms with E-state index >= 15 is 0 Å². The van der Waals surface area contributed by atoms with Gasteiger partial charge in [-0.1, -0.05) is 0 Å². The number of allylic oxidation sites excluding steroid dienone is 4. The third kappa shape index (κ3) is 8.18. The Morgan fingerprint density at radius 2 is 1.04 bits per heavy atom. The van der Waals surface area contributed by atoms with Crippen LogP contribution in [0.1, 0.15) is 124 Å². The Morgan fingerprint density at radius 3 is 1.41 bits per heavy atom. The summed E-state index contributed by atoms with van der Waals surface area (Å²) < 4.78 is 4.83. The fourth-order valence-electron chi connectivity index (χ4n) is 6.52. The van der Waals surface area contributed by atoms with Gasteiger partial charge in [-0.2, -0.15) is 0 Å². The second-order valence-electron chi connectivity index (χ2n) is 12.5. The number of aryl methyl sites for hydroxylation is 2. The number of carboxylic acids is 2. The van der Waals surface area contributed by atoms with Gasteiger partial charge in [0.2, 0.25) is 0 Å². The molecule has 3 aromatic heterocycles. The number of aromatic nitrogens is 4. The number of hydrogen-bond donors (Lipinski definition) is 6. The molecule has 6 N–H and O–H groups in total. The molecular weight excluding hydrogens is 624 g/mol. The van der Waals surface area contributed by atoms with E-state index in [0.717, 1.165) is 63.2 Å². The number of aromatic amines is 2. The molecule has 11 nitrogen and oxygen atoms in total. The quantitative estimate of drug-likeness (QED) is 0.126. The molecule has 5 rings (SSSR count). The van der Waals surface area contributed by atoms with Crippen LogP contribution in [-0.2, 0) is 14.3 Å². The minimum atomic E-state index is -0.921. The number of ether oxygens (including phenoxy) is 1. The topological polar surface area (TPSA) is 182 Å². The number of aliphatic hydroxyl groups excluding tert-OH is 2. The monoisotopic (exact) mass is 672 g/mol. The van der Waals surface area contributed by atoms with Gasteiger partial charge in [-0.15, -0.1) is 0 Å². The van der Waals surface area contributed by atoms with E-state index in [4.69, 9.17) is 14.7 Å². The van der Waals surface area contributed by atoms with Crippen molar-refractivity contribution in [1.82, 2.24) is 19.9 Å². The zero-order valence-electron chi connectivity index (χ0n) is 29.6. The van der Waals surface area contributed by atoms with Gasteiger partial charge in [-0.05, 0) is 126 Å². The van der Waals surface area contributed by atoms with Crippen LogP contribution < -0.4 is 0 Å². The van der Waals surface area contributed by atoms with Gasteiger partial charge in [-0.25, -0.2) is 9.97 Å². The van der Waals surface area contributed by atoms with Crippen LogP contribution in [0.5, 0.6) is 0 Å². The highest BCUT2D eigenvalue weighted by Gasteiger charge is 2.23. The maximum Gasteiger partial charge on any atom is 0.303 e. The number of carbonyl (C=O) groups is 2. The number of carboxylic acid groups (broad SMARTS) is 2. The van der Waals surface area contributed by atoms with Crippen molar-refractivity contribution in [3.8, 4) is 0 Å². The van der Waals surface area contributed by atoms with Crippen molar-refractivity contribution in [2.45, 2.75) is 93.3 Å². The summed E-state index contributed by atoms with van der Waals surface area (Å²) >= 11 is 0. The lowest BCUT2D eigenvalue weighted by molar-refractivity contribution is -0.137. The summed E-state index contributed by atoms with van der Waals surface area (Å²) in [4.78, 5) is 39.8. The zero-order valence-corrected chi connectivity index (χ0v) is 29.6. The number of nitrogens with one attached hydrogen (secondary N) is 2. The van der Waals surface area contributed by atoms with Gasteiger partial charge in [0.05, 0.1) is 35.0 Å². The normalized spacial score (nSPS) is 14.1. The van der Waals surface area contributed by atoms with Gasteiger partial charge in [0.1, 0.15) is 0 Å². The Kier molecular flexibility index (Phi) is 12.0. The van der Waals surface area contributed by atoms with Gasteiger partial charge in [0.25, 0.3) is 0 Å². The molecular formula is C38H48N4O7. The highest BCUT2D eigenvalue weighted by Crippen LogP contribution is 2.38. The molecule has 2 atom stereocenters. The summed E-state index contributed by atoms with van der Waals surface area (Å²) in [5.41, 5.74) is 11.7. The summed E-state index contributed by atoms with van der Waals surface area (Å²) in [5.74, 6) is -1.84. The van der Waals surface area contributed by atoms with E-state index in [-0.39, 0.29) is 25.7 Å². The van der Waals surface area contributed by atoms with Crippen LogP contribution in [0.25, 0.3) is 44.4 Å². The minimum absolute atomic E-state index is 0.0750. The maximum absolute atomic E-state index is 11.6. The van der Waals surface area contributed by atoms with E-state index in [1.165, 1.54) is 0 Å². The fourth-order valence-corrected chi connectivity index (χ4v) is 6.52. The molecule has 11 heteroatoms. The highest BCUT2D eigenvalue weighted by molar-refractivity contribution is 5.96. The van der Waals surface area contributed by atoms with Gasteiger partial charge < -0.3 is 35.1 Å². The first kappa shape index (κ1) is 37.2. The summed E-state index contributed by atoms with van der Waals surface area (Å²) in [6.45, 7) is 16.8. The molecule has 0 saturated carbocycles. The molecule has 2 aliphatic rings. The third-order valence-corrected chi connectivity index (χ3v) is 9.05. The van der Waals surface area contributed by atoms with Crippen molar-refractivity contribution < 1.29 is 34.8 Å². The average molecular weight is 673 g/mol. The Balaban J connectivity index is 0.00000101. The van der Waals surface area contributed by atoms with Crippen molar-refractivity contribution in [3.63, 3.8) is 0 Å². The predicted octanol–water partition coefficient (Wildman–Crippen LogP) is 7.67. The van der Waals surface area contributed by atoms with Crippen molar-refractivity contribution >= 4 is 56.3 Å². The lowest BCUT2D eigenvalue weighted by atomic mass is 9.98. The maximum atomic E-state index is 11.6. The number of rotatable bonds is 10. The second kappa shape index (κ2) is 15.8. The molecule has 5 heterocycles. The molecule has 0 amide bonds. The number of nitrogens with zero attached hydrogens (tertiary/aromatic N) is 2. The van der Waals surface area contributed by atoms with E-state index in [9.17, 15) is 30.0 Å².